The number of halogens is 1. The predicted molar refractivity (Wildman–Crippen MR) is 119 cm³/mol. The molecular weight excluding hydrogens is 432 g/mol. The first-order valence-corrected chi connectivity index (χ1v) is 10.1. The van der Waals surface area contributed by atoms with E-state index in [1.54, 1.807) is 35.2 Å². The third-order valence-corrected chi connectivity index (χ3v) is 5.74. The van der Waals surface area contributed by atoms with Crippen molar-refractivity contribution in [1.82, 2.24) is 15.1 Å². The van der Waals surface area contributed by atoms with Crippen LogP contribution in [0.3, 0.4) is 0 Å². The summed E-state index contributed by atoms with van der Waals surface area (Å²) in [5.41, 5.74) is 1.48. The van der Waals surface area contributed by atoms with Gasteiger partial charge in [-0.1, -0.05) is 11.6 Å². The summed E-state index contributed by atoms with van der Waals surface area (Å²) < 4.78 is 7.30. The predicted octanol–water partition coefficient (Wildman–Crippen LogP) is 4.08. The fraction of sp³-hybridized carbons (Fsp3) is 0.158. The van der Waals surface area contributed by atoms with Crippen LogP contribution in [-0.2, 0) is 16.1 Å². The van der Waals surface area contributed by atoms with Crippen molar-refractivity contribution >= 4 is 74.0 Å². The number of methoxy groups -OCH3 is 1. The molecule has 1 amide bonds. The molecule has 2 heterocycles. The Bertz CT molecular complexity index is 1120. The Kier molecular flexibility index (Phi) is 6.63. The second-order valence-electron chi connectivity index (χ2n) is 5.85. The van der Waals surface area contributed by atoms with Gasteiger partial charge in [0.1, 0.15) is 4.88 Å². The maximum atomic E-state index is 12.0. The third-order valence-electron chi connectivity index (χ3n) is 3.90. The number of esters is 1. The van der Waals surface area contributed by atoms with E-state index in [2.05, 4.69) is 15.7 Å². The van der Waals surface area contributed by atoms with E-state index in [0.29, 0.717) is 15.6 Å². The van der Waals surface area contributed by atoms with Gasteiger partial charge in [-0.15, -0.1) is 11.3 Å². The van der Waals surface area contributed by atoms with Gasteiger partial charge in [0, 0.05) is 40.2 Å². The Labute approximate surface area is 181 Å². The molecule has 7 nitrogen and oxygen atoms in total. The van der Waals surface area contributed by atoms with Gasteiger partial charge >= 0.3 is 5.97 Å². The fourth-order valence-corrected chi connectivity index (χ4v) is 4.18. The molecule has 0 fully saturated rings. The quantitative estimate of drug-likeness (QED) is 0.347. The van der Waals surface area contributed by atoms with Crippen LogP contribution in [0.4, 0.5) is 5.69 Å². The van der Waals surface area contributed by atoms with E-state index >= 15 is 0 Å². The zero-order chi connectivity index (χ0) is 21.0. The number of hydrogen-bond acceptors (Lipinski definition) is 6. The van der Waals surface area contributed by atoms with E-state index in [-0.39, 0.29) is 11.0 Å². The molecule has 0 saturated carbocycles. The Morgan fingerprint density at radius 2 is 2.21 bits per heavy atom. The normalized spacial score (nSPS) is 11.0. The molecule has 1 aromatic carbocycles. The van der Waals surface area contributed by atoms with Crippen molar-refractivity contribution in [3.05, 3.63) is 52.1 Å². The molecule has 3 aromatic rings. The number of thiophene rings is 1. The number of thiocarbonyl (C=S) groups is 1. The van der Waals surface area contributed by atoms with Crippen LogP contribution in [0, 0.1) is 0 Å². The molecule has 0 unspecified atom stereocenters. The minimum absolute atomic E-state index is 0.152. The number of anilines is 1. The van der Waals surface area contributed by atoms with Crippen molar-refractivity contribution in [2.45, 2.75) is 13.5 Å². The van der Waals surface area contributed by atoms with Gasteiger partial charge in [0.15, 0.2) is 5.11 Å². The lowest BCUT2D eigenvalue weighted by Gasteiger charge is -2.08. The van der Waals surface area contributed by atoms with Crippen LogP contribution in [0.1, 0.15) is 22.2 Å². The van der Waals surface area contributed by atoms with E-state index < -0.39 is 5.97 Å². The van der Waals surface area contributed by atoms with Gasteiger partial charge in [-0.25, -0.2) is 4.79 Å². The first kappa shape index (κ1) is 21.0. The minimum Gasteiger partial charge on any atom is -0.465 e. The summed E-state index contributed by atoms with van der Waals surface area (Å²) in [4.78, 5) is 24.2. The number of amides is 1. The highest BCUT2D eigenvalue weighted by molar-refractivity contribution is 7.80. The molecule has 0 spiro atoms. The Balaban J connectivity index is 1.64. The number of benzene rings is 1. The van der Waals surface area contributed by atoms with Crippen LogP contribution in [0.25, 0.3) is 16.2 Å². The molecule has 0 atom stereocenters. The van der Waals surface area contributed by atoms with Crippen molar-refractivity contribution in [1.29, 1.82) is 0 Å². The summed E-state index contributed by atoms with van der Waals surface area (Å²) in [6, 6.07) is 5.33. The number of nitrogens with zero attached hydrogens (tertiary/aromatic N) is 2. The maximum Gasteiger partial charge on any atom is 0.349 e. The highest BCUT2D eigenvalue weighted by atomic mass is 35.5. The standard InChI is InChI=1S/C19H17ClN4O3S2/c1-3-24-10-11(9-21-24)4-7-15(25)23-19(28)22-12-5-6-13-14(8-12)29-17(16(13)20)18(26)27-2/h4-10H,3H2,1-2H3,(H2,22,23,25,28)/b7-4+. The summed E-state index contributed by atoms with van der Waals surface area (Å²) in [5, 5.41) is 10.9. The summed E-state index contributed by atoms with van der Waals surface area (Å²) in [6.45, 7) is 2.74. The summed E-state index contributed by atoms with van der Waals surface area (Å²) in [7, 11) is 1.31. The van der Waals surface area contributed by atoms with Crippen molar-refractivity contribution in [3.8, 4) is 0 Å². The number of hydrogen-bond donors (Lipinski definition) is 2. The number of aryl methyl sites for hydroxylation is 1. The lowest BCUT2D eigenvalue weighted by molar-refractivity contribution is -0.115. The number of fused-ring (bicyclic) bond motifs is 1. The van der Waals surface area contributed by atoms with Crippen LogP contribution in [0.15, 0.2) is 36.7 Å². The van der Waals surface area contributed by atoms with E-state index in [1.165, 1.54) is 24.5 Å². The smallest absolute Gasteiger partial charge is 0.349 e. The van der Waals surface area contributed by atoms with Gasteiger partial charge in [-0.3, -0.25) is 14.8 Å². The monoisotopic (exact) mass is 448 g/mol. The average Bonchev–Trinajstić information content (AvgIpc) is 3.30. The number of rotatable bonds is 5. The summed E-state index contributed by atoms with van der Waals surface area (Å²) in [6.07, 6.45) is 6.55. The Hall–Kier alpha value is -2.75. The molecule has 29 heavy (non-hydrogen) atoms. The SMILES string of the molecule is CCn1cc(/C=C/C(=O)NC(=S)Nc2ccc3c(Cl)c(C(=O)OC)sc3c2)cn1. The molecule has 0 aliphatic heterocycles. The van der Waals surface area contributed by atoms with Crippen LogP contribution >= 0.6 is 35.2 Å². The van der Waals surface area contributed by atoms with Crippen LogP contribution in [0.2, 0.25) is 5.02 Å². The fourth-order valence-electron chi connectivity index (χ4n) is 2.49. The number of carbonyl (C=O) groups is 2. The van der Waals surface area contributed by atoms with Gasteiger partial charge in [-0.2, -0.15) is 5.10 Å². The number of ether oxygens (including phenoxy) is 1. The Morgan fingerprint density at radius 1 is 1.41 bits per heavy atom. The van der Waals surface area contributed by atoms with Crippen molar-refractivity contribution < 1.29 is 14.3 Å². The van der Waals surface area contributed by atoms with Crippen molar-refractivity contribution in [2.75, 3.05) is 12.4 Å². The van der Waals surface area contributed by atoms with Crippen molar-refractivity contribution in [3.63, 3.8) is 0 Å². The highest BCUT2D eigenvalue weighted by Crippen LogP contribution is 2.37. The van der Waals surface area contributed by atoms with E-state index in [9.17, 15) is 9.59 Å². The van der Waals surface area contributed by atoms with E-state index in [1.807, 2.05) is 13.1 Å². The first-order valence-electron chi connectivity index (χ1n) is 8.54. The minimum atomic E-state index is -0.482. The van der Waals surface area contributed by atoms with Gasteiger partial charge in [-0.05, 0) is 43.4 Å². The molecule has 2 aromatic heterocycles. The zero-order valence-electron chi connectivity index (χ0n) is 15.6. The molecule has 150 valence electrons. The van der Waals surface area contributed by atoms with Crippen molar-refractivity contribution in [2.24, 2.45) is 0 Å². The number of carbonyl (C=O) groups excluding carboxylic acids is 2. The molecule has 10 heteroatoms. The topological polar surface area (TPSA) is 85.2 Å². The second kappa shape index (κ2) is 9.17. The molecule has 3 rings (SSSR count). The number of aromatic nitrogens is 2. The van der Waals surface area contributed by atoms with E-state index in [0.717, 1.165) is 22.2 Å². The molecule has 0 aliphatic carbocycles. The molecule has 0 radical (unpaired) electrons. The Morgan fingerprint density at radius 3 is 2.90 bits per heavy atom. The van der Waals surface area contributed by atoms with Gasteiger partial charge in [0.2, 0.25) is 5.91 Å². The molecule has 0 aliphatic rings. The summed E-state index contributed by atoms with van der Waals surface area (Å²) in [5.74, 6) is -0.843. The molecule has 0 bridgehead atoms. The summed E-state index contributed by atoms with van der Waals surface area (Å²) >= 11 is 12.7. The lowest BCUT2D eigenvalue weighted by atomic mass is 10.2. The largest absolute Gasteiger partial charge is 0.465 e. The molecule has 0 saturated heterocycles. The van der Waals surface area contributed by atoms with Crippen LogP contribution in [0.5, 0.6) is 0 Å². The van der Waals surface area contributed by atoms with Crippen LogP contribution < -0.4 is 10.6 Å². The van der Waals surface area contributed by atoms with Gasteiger partial charge in [0.05, 0.1) is 18.3 Å². The second-order valence-corrected chi connectivity index (χ2v) is 7.69. The molecule has 2 N–H and O–H groups in total. The van der Waals surface area contributed by atoms with E-state index in [4.69, 9.17) is 28.6 Å². The lowest BCUT2D eigenvalue weighted by Crippen LogP contribution is -2.32. The average molecular weight is 449 g/mol. The van der Waals surface area contributed by atoms with Gasteiger partial charge in [0.25, 0.3) is 0 Å². The molecular formula is C19H17ClN4O3S2. The van der Waals surface area contributed by atoms with Gasteiger partial charge < -0.3 is 10.1 Å². The zero-order valence-corrected chi connectivity index (χ0v) is 18.0. The third kappa shape index (κ3) is 5.00. The van der Waals surface area contributed by atoms with Crippen LogP contribution in [-0.4, -0.2) is 33.9 Å². The first-order chi connectivity index (χ1) is 13.9. The maximum absolute atomic E-state index is 12.0. The highest BCUT2D eigenvalue weighted by Gasteiger charge is 2.17. The number of nitrogens with one attached hydrogen (secondary N) is 2.